The largest absolute Gasteiger partial charge is 0.458 e. The van der Waals surface area contributed by atoms with Crippen molar-refractivity contribution in [2.45, 2.75) is 26.2 Å². The second-order valence-corrected chi connectivity index (χ2v) is 26.9. The van der Waals surface area contributed by atoms with Crippen LogP contribution >= 0.6 is 0 Å². The third-order valence-electron chi connectivity index (χ3n) is 19.6. The Kier molecular flexibility index (Phi) is 14.7. The quantitative estimate of drug-likeness (QED) is 0.0853. The first-order valence-corrected chi connectivity index (χ1v) is 34.2. The highest BCUT2D eigenvalue weighted by Gasteiger charge is 2.25. The predicted octanol–water partition coefficient (Wildman–Crippen LogP) is 24.1. The molecule has 474 valence electrons. The summed E-state index contributed by atoms with van der Waals surface area (Å²) in [5.74, 6) is 2.24. The topological polar surface area (TPSA) is 40.8 Å². The van der Waals surface area contributed by atoms with Gasteiger partial charge in [-0.1, -0.05) is 251 Å². The number of pyridine rings is 1. The zero-order valence-corrected chi connectivity index (χ0v) is 55.6. The molecule has 0 N–H and O–H groups in total. The summed E-state index contributed by atoms with van der Waals surface area (Å²) in [4.78, 5) is 5.12. The van der Waals surface area contributed by atoms with Gasteiger partial charge in [0.2, 0.25) is 0 Å². The average molecular weight is 1280 g/mol. The number of rotatable bonds is 13. The summed E-state index contributed by atoms with van der Waals surface area (Å²) in [7, 11) is 0. The molecule has 0 atom stereocenters. The molecule has 0 saturated heterocycles. The molecule has 4 aromatic heterocycles. The zero-order chi connectivity index (χ0) is 66.8. The molecule has 0 aliphatic heterocycles. The highest BCUT2D eigenvalue weighted by Crippen LogP contribution is 2.45. The molecule has 0 aliphatic carbocycles. The van der Waals surface area contributed by atoms with Crippen molar-refractivity contribution in [2.24, 2.45) is 0 Å². The lowest BCUT2D eigenvalue weighted by molar-refractivity contribution is -0.571. The molecule has 4 heterocycles. The van der Waals surface area contributed by atoms with Gasteiger partial charge in [-0.25, -0.2) is 4.98 Å². The lowest BCUT2D eigenvalue weighted by atomic mass is 9.88. The average Bonchev–Trinajstić information content (AvgIpc) is 1.56. The normalized spacial score (nSPS) is 11.8. The standard InChI is InChI=1S/C94H67N5O/c1-94(2,3)74-50-51-95-91(59-74)99-87-49-46-67(79-39-25-42-84-82-38-19-20-43-86(82)98(93(79)84)75-34-17-8-18-35-75)58-85(87)83-48-47-78(61-90(83)99)100-77-37-23-36-76(60-77)96-62-97(89-45-22-21-44-88(89)96)92-80(72-54-68(63-26-9-4-10-27-63)52-69(55-72)64-28-11-5-12-29-64)40-24-41-81(92)73-56-70(65-30-13-6-14-31-65)53-71(57-73)66-32-15-7-16-33-66/h4-61H,1-3H3. The number of ether oxygens (including phenoxy) is 1. The van der Waals surface area contributed by atoms with Crippen LogP contribution in [0, 0.1) is 6.33 Å². The second kappa shape index (κ2) is 24.6. The van der Waals surface area contributed by atoms with E-state index in [-0.39, 0.29) is 5.41 Å². The highest BCUT2D eigenvalue weighted by molar-refractivity contribution is 6.16. The van der Waals surface area contributed by atoms with Crippen LogP contribution in [0.2, 0.25) is 0 Å². The monoisotopic (exact) mass is 1280 g/mol. The van der Waals surface area contributed by atoms with Gasteiger partial charge < -0.3 is 9.30 Å². The summed E-state index contributed by atoms with van der Waals surface area (Å²) in [5, 5.41) is 4.66. The van der Waals surface area contributed by atoms with Crippen LogP contribution in [-0.2, 0) is 5.41 Å². The van der Waals surface area contributed by atoms with Crippen LogP contribution in [0.1, 0.15) is 26.3 Å². The minimum absolute atomic E-state index is 0.103. The number of hydrogen-bond acceptors (Lipinski definition) is 2. The molecular weight excluding hydrogens is 1220 g/mol. The molecular formula is C94H67N5O. The number of fused-ring (bicyclic) bond motifs is 7. The van der Waals surface area contributed by atoms with E-state index in [1.165, 1.54) is 27.4 Å². The van der Waals surface area contributed by atoms with Crippen LogP contribution in [0.4, 0.5) is 0 Å². The molecule has 0 radical (unpaired) electrons. The van der Waals surface area contributed by atoms with Gasteiger partial charge in [0.15, 0.2) is 0 Å². The van der Waals surface area contributed by atoms with Gasteiger partial charge in [-0.15, -0.1) is 0 Å². The SMILES string of the molecule is CC(C)(C)c1ccnc(-n2c3ccc(-c4cccc5c6ccccc6n(-c6ccccc6)c45)cc3c3ccc(Oc4cccc(-n5[c-][n+](-c6c(-c7cc(-c8ccccc8)cc(-c8ccccc8)c7)cccc6-c6cc(-c7ccccc7)cc(-c7ccccc7)c6)c6ccccc65)c4)cc32)c1. The molecule has 100 heavy (non-hydrogen) atoms. The highest BCUT2D eigenvalue weighted by atomic mass is 16.5. The van der Waals surface area contributed by atoms with Gasteiger partial charge in [-0.2, -0.15) is 0 Å². The van der Waals surface area contributed by atoms with Crippen molar-refractivity contribution in [3.63, 3.8) is 0 Å². The van der Waals surface area contributed by atoms with Crippen molar-refractivity contribution < 1.29 is 9.30 Å². The van der Waals surface area contributed by atoms with Gasteiger partial charge >= 0.3 is 0 Å². The summed E-state index contributed by atoms with van der Waals surface area (Å²) < 4.78 is 16.3. The van der Waals surface area contributed by atoms with E-state index in [1.807, 2.05) is 12.3 Å². The third-order valence-corrected chi connectivity index (χ3v) is 19.6. The first-order valence-electron chi connectivity index (χ1n) is 34.2. The number of imidazole rings is 1. The van der Waals surface area contributed by atoms with Gasteiger partial charge in [0.05, 0.1) is 44.5 Å². The fourth-order valence-corrected chi connectivity index (χ4v) is 14.8. The summed E-state index contributed by atoms with van der Waals surface area (Å²) >= 11 is 0. The van der Waals surface area contributed by atoms with Crippen LogP contribution in [0.15, 0.2) is 352 Å². The van der Waals surface area contributed by atoms with Crippen LogP contribution in [-0.4, -0.2) is 18.7 Å². The van der Waals surface area contributed by atoms with Crippen molar-refractivity contribution in [2.75, 3.05) is 0 Å². The van der Waals surface area contributed by atoms with Crippen LogP contribution < -0.4 is 9.30 Å². The maximum absolute atomic E-state index is 7.12. The maximum Gasteiger partial charge on any atom is 0.269 e. The smallest absolute Gasteiger partial charge is 0.269 e. The van der Waals surface area contributed by atoms with Gasteiger partial charge in [-0.3, -0.25) is 13.7 Å². The van der Waals surface area contributed by atoms with E-state index in [9.17, 15) is 0 Å². The Morgan fingerprint density at radius 1 is 0.320 bits per heavy atom. The molecule has 18 rings (SSSR count). The number of nitrogens with zero attached hydrogens (tertiary/aromatic N) is 5. The molecule has 0 saturated carbocycles. The molecule has 6 heteroatoms. The molecule has 0 aliphatic rings. The number of para-hydroxylation sites is 6. The lowest BCUT2D eigenvalue weighted by Crippen LogP contribution is -2.31. The fraction of sp³-hybridized carbons (Fsp3) is 0.0426. The summed E-state index contributed by atoms with van der Waals surface area (Å²) in [6.45, 7) is 6.76. The molecule has 14 aromatic carbocycles. The molecule has 0 fully saturated rings. The van der Waals surface area contributed by atoms with Gasteiger partial charge in [0.25, 0.3) is 6.33 Å². The molecule has 0 spiro atoms. The number of aromatic nitrogens is 5. The fourth-order valence-electron chi connectivity index (χ4n) is 14.8. The Hall–Kier alpha value is -12.9. The Balaban J connectivity index is 0.792. The van der Waals surface area contributed by atoms with E-state index < -0.39 is 0 Å². The second-order valence-electron chi connectivity index (χ2n) is 26.9. The van der Waals surface area contributed by atoms with E-state index >= 15 is 0 Å². The van der Waals surface area contributed by atoms with Gasteiger partial charge in [0, 0.05) is 45.1 Å². The first kappa shape index (κ1) is 59.6. The maximum atomic E-state index is 7.12. The third kappa shape index (κ3) is 10.7. The molecule has 6 nitrogen and oxygen atoms in total. The Labute approximate surface area is 581 Å². The van der Waals surface area contributed by atoms with E-state index in [0.717, 1.165) is 134 Å². The summed E-state index contributed by atoms with van der Waals surface area (Å²) in [6.07, 6.45) is 5.95. The summed E-state index contributed by atoms with van der Waals surface area (Å²) in [5.41, 5.74) is 26.2. The Morgan fingerprint density at radius 3 is 1.43 bits per heavy atom. The molecule has 0 amide bonds. The van der Waals surface area contributed by atoms with Crippen molar-refractivity contribution in [1.29, 1.82) is 0 Å². The van der Waals surface area contributed by atoms with Crippen LogP contribution in [0.3, 0.4) is 0 Å². The number of hydrogen-bond donors (Lipinski definition) is 0. The Bertz CT molecular complexity index is 5880. The molecule has 0 unspecified atom stereocenters. The lowest BCUT2D eigenvalue weighted by Gasteiger charge is -2.20. The summed E-state index contributed by atoms with van der Waals surface area (Å²) in [6, 6.07) is 125. The Morgan fingerprint density at radius 2 is 0.810 bits per heavy atom. The van der Waals surface area contributed by atoms with E-state index in [0.29, 0.717) is 11.5 Å². The molecule has 18 aromatic rings. The van der Waals surface area contributed by atoms with Crippen LogP contribution in [0.5, 0.6) is 11.5 Å². The van der Waals surface area contributed by atoms with Crippen molar-refractivity contribution in [1.82, 2.24) is 18.7 Å². The van der Waals surface area contributed by atoms with Crippen molar-refractivity contribution >= 4 is 54.6 Å². The van der Waals surface area contributed by atoms with Crippen molar-refractivity contribution in [3.8, 4) is 112 Å². The van der Waals surface area contributed by atoms with Gasteiger partial charge in [0.1, 0.15) is 17.3 Å². The molecule has 0 bridgehead atoms. The van der Waals surface area contributed by atoms with Crippen LogP contribution in [0.25, 0.3) is 155 Å². The van der Waals surface area contributed by atoms with Crippen molar-refractivity contribution in [3.05, 3.63) is 364 Å². The minimum Gasteiger partial charge on any atom is -0.458 e. The van der Waals surface area contributed by atoms with E-state index in [2.05, 4.69) is 385 Å². The van der Waals surface area contributed by atoms with E-state index in [4.69, 9.17) is 9.72 Å². The zero-order valence-electron chi connectivity index (χ0n) is 55.6. The predicted molar refractivity (Wildman–Crippen MR) is 413 cm³/mol. The van der Waals surface area contributed by atoms with Gasteiger partial charge in [-0.05, 0) is 192 Å². The van der Waals surface area contributed by atoms with E-state index in [1.54, 1.807) is 0 Å². The number of benzene rings is 14. The minimum atomic E-state index is -0.103. The first-order chi connectivity index (χ1) is 49.2.